The van der Waals surface area contributed by atoms with Crippen molar-refractivity contribution in [1.82, 2.24) is 0 Å². The molecule has 0 atom stereocenters. The molecule has 0 aliphatic rings. The molecule has 0 nitrogen and oxygen atoms in total. The molecule has 74 valence electrons. The summed E-state index contributed by atoms with van der Waals surface area (Å²) in [4.78, 5) is 0. The lowest BCUT2D eigenvalue weighted by Gasteiger charge is -2.37. The van der Waals surface area contributed by atoms with Gasteiger partial charge in [-0.25, -0.2) is 0 Å². The predicted molar refractivity (Wildman–Crippen MR) is 61.4 cm³/mol. The molecule has 0 aromatic rings. The fourth-order valence-electron chi connectivity index (χ4n) is 1.48. The molecule has 0 heterocycles. The monoisotopic (exact) mass is 226 g/mol. The van der Waals surface area contributed by atoms with Crippen molar-refractivity contribution in [3.8, 4) is 0 Å². The van der Waals surface area contributed by atoms with Gasteiger partial charge in [0.15, 0.2) is 0 Å². The van der Waals surface area contributed by atoms with Crippen molar-refractivity contribution in [3.05, 3.63) is 0 Å². The summed E-state index contributed by atoms with van der Waals surface area (Å²) in [6.45, 7) is 11.0. The second kappa shape index (κ2) is 3.51. The van der Waals surface area contributed by atoms with Crippen LogP contribution in [0.25, 0.3) is 0 Å². The van der Waals surface area contributed by atoms with E-state index in [1.165, 1.54) is 0 Å². The third-order valence-electron chi connectivity index (χ3n) is 2.16. The predicted octanol–water partition coefficient (Wildman–Crippen LogP) is 4.75. The van der Waals surface area contributed by atoms with E-state index in [9.17, 15) is 0 Å². The number of hydrogen-bond donors (Lipinski definition) is 0. The zero-order valence-corrected chi connectivity index (χ0v) is 11.5. The van der Waals surface area contributed by atoms with Crippen molar-refractivity contribution in [3.63, 3.8) is 0 Å². The molecule has 0 bridgehead atoms. The molecule has 3 heteroatoms. The van der Waals surface area contributed by atoms with Crippen LogP contribution in [-0.2, 0) is 0 Å². The van der Waals surface area contributed by atoms with Crippen LogP contribution in [0.4, 0.5) is 0 Å². The van der Waals surface area contributed by atoms with Crippen molar-refractivity contribution in [2.24, 2.45) is 5.41 Å². The minimum Gasteiger partial charge on any atom is -0.146 e. The van der Waals surface area contributed by atoms with E-state index in [-0.39, 0.29) is 5.04 Å². The van der Waals surface area contributed by atoms with Crippen molar-refractivity contribution in [2.45, 2.75) is 52.6 Å². The summed E-state index contributed by atoms with van der Waals surface area (Å²) < 4.78 is 0. The van der Waals surface area contributed by atoms with Gasteiger partial charge in [-0.15, -0.1) is 22.2 Å². The molecule has 0 aliphatic heterocycles. The first kappa shape index (κ1) is 12.8. The Balaban J connectivity index is 4.44. The van der Waals surface area contributed by atoms with Crippen LogP contribution in [0.1, 0.15) is 41.0 Å². The van der Waals surface area contributed by atoms with Crippen LogP contribution in [0, 0.1) is 5.41 Å². The van der Waals surface area contributed by atoms with Gasteiger partial charge in [-0.05, 0) is 23.4 Å². The molecule has 0 spiro atoms. The average molecular weight is 227 g/mol. The lowest BCUT2D eigenvalue weighted by atomic mass is 9.86. The zero-order valence-electron chi connectivity index (χ0n) is 8.96. The first-order valence-electron chi connectivity index (χ1n) is 4.34. The van der Waals surface area contributed by atoms with Crippen LogP contribution in [0.5, 0.6) is 0 Å². The average Bonchev–Trinajstić information content (AvgIpc) is 1.52. The molecule has 0 rings (SSSR count). The lowest BCUT2D eigenvalue weighted by molar-refractivity contribution is 0.326. The highest BCUT2D eigenvalue weighted by Crippen LogP contribution is 2.49. The molecule has 0 saturated carbocycles. The Morgan fingerprint density at radius 1 is 1.00 bits per heavy atom. The Kier molecular flexibility index (Phi) is 3.74. The summed E-state index contributed by atoms with van der Waals surface area (Å²) in [7, 11) is 0. The minimum absolute atomic E-state index is 0.0916. The zero-order chi connectivity index (χ0) is 10.2. The van der Waals surface area contributed by atoms with E-state index in [0.29, 0.717) is 5.41 Å². The maximum absolute atomic E-state index is 6.24. The third kappa shape index (κ3) is 4.15. The second-order valence-corrected chi connectivity index (χ2v) is 13.8. The van der Waals surface area contributed by atoms with E-state index in [1.54, 1.807) is 0 Å². The highest BCUT2D eigenvalue weighted by atomic mass is 35.7. The standard InChI is InChI=1S/C9H20Cl2Si/c1-8(2,3)7-9(4,5)12(6,10)11/h7H2,1-6H3. The Hall–Kier alpha value is 0.797. The van der Waals surface area contributed by atoms with Gasteiger partial charge >= 0.3 is 0 Å². The third-order valence-corrected chi connectivity index (χ3v) is 7.78. The van der Waals surface area contributed by atoms with Crippen LogP contribution in [-0.4, -0.2) is 6.69 Å². The second-order valence-electron chi connectivity index (χ2n) is 5.51. The summed E-state index contributed by atoms with van der Waals surface area (Å²) in [6, 6.07) is 0. The van der Waals surface area contributed by atoms with Gasteiger partial charge in [0, 0.05) is 0 Å². The molecular weight excluding hydrogens is 207 g/mol. The Morgan fingerprint density at radius 2 is 1.33 bits per heavy atom. The van der Waals surface area contributed by atoms with Gasteiger partial charge in [0.2, 0.25) is 0 Å². The maximum atomic E-state index is 6.24. The van der Waals surface area contributed by atoms with Gasteiger partial charge in [0.05, 0.1) is 0 Å². The molecule has 0 aromatic carbocycles. The summed E-state index contributed by atoms with van der Waals surface area (Å²) in [6.07, 6.45) is 1.08. The molecule has 0 N–H and O–H groups in total. The van der Waals surface area contributed by atoms with Gasteiger partial charge in [-0.3, -0.25) is 0 Å². The number of halogens is 2. The Morgan fingerprint density at radius 3 is 1.42 bits per heavy atom. The molecule has 0 aliphatic carbocycles. The topological polar surface area (TPSA) is 0 Å². The van der Waals surface area contributed by atoms with E-state index in [0.717, 1.165) is 6.42 Å². The summed E-state index contributed by atoms with van der Waals surface area (Å²) in [5.41, 5.74) is 0.307. The van der Waals surface area contributed by atoms with E-state index in [1.807, 2.05) is 6.55 Å². The smallest absolute Gasteiger partial charge is 0.146 e. The van der Waals surface area contributed by atoms with E-state index < -0.39 is 6.69 Å². The Labute approximate surface area is 87.1 Å². The molecule has 0 unspecified atom stereocenters. The van der Waals surface area contributed by atoms with Gasteiger partial charge in [-0.2, -0.15) is 0 Å². The van der Waals surface area contributed by atoms with Crippen molar-refractivity contribution >= 4 is 28.9 Å². The molecule has 12 heavy (non-hydrogen) atoms. The largest absolute Gasteiger partial charge is 0.253 e. The van der Waals surface area contributed by atoms with Gasteiger partial charge in [0.25, 0.3) is 6.69 Å². The van der Waals surface area contributed by atoms with Gasteiger partial charge < -0.3 is 0 Å². The first-order chi connectivity index (χ1) is 4.96. The highest BCUT2D eigenvalue weighted by molar-refractivity contribution is 7.46. The lowest BCUT2D eigenvalue weighted by Crippen LogP contribution is -2.33. The van der Waals surface area contributed by atoms with E-state index >= 15 is 0 Å². The maximum Gasteiger partial charge on any atom is 0.253 e. The van der Waals surface area contributed by atoms with Crippen molar-refractivity contribution < 1.29 is 0 Å². The van der Waals surface area contributed by atoms with Crippen LogP contribution in [0.2, 0.25) is 11.6 Å². The molecule has 0 amide bonds. The summed E-state index contributed by atoms with van der Waals surface area (Å²) >= 11 is 12.5. The van der Waals surface area contributed by atoms with E-state index in [2.05, 4.69) is 34.6 Å². The summed E-state index contributed by atoms with van der Waals surface area (Å²) in [5.74, 6) is 0. The summed E-state index contributed by atoms with van der Waals surface area (Å²) in [5, 5.41) is 0.0916. The Bertz CT molecular complexity index is 151. The van der Waals surface area contributed by atoms with Crippen LogP contribution >= 0.6 is 22.2 Å². The van der Waals surface area contributed by atoms with Crippen molar-refractivity contribution in [1.29, 1.82) is 0 Å². The van der Waals surface area contributed by atoms with Crippen LogP contribution in [0.15, 0.2) is 0 Å². The van der Waals surface area contributed by atoms with Gasteiger partial charge in [-0.1, -0.05) is 34.6 Å². The van der Waals surface area contributed by atoms with Gasteiger partial charge in [0.1, 0.15) is 0 Å². The molecule has 0 saturated heterocycles. The number of hydrogen-bond acceptors (Lipinski definition) is 0. The fourth-order valence-corrected chi connectivity index (χ4v) is 2.72. The molecule has 0 fully saturated rings. The fraction of sp³-hybridized carbons (Fsp3) is 1.00. The van der Waals surface area contributed by atoms with Crippen LogP contribution < -0.4 is 0 Å². The van der Waals surface area contributed by atoms with Crippen molar-refractivity contribution in [2.75, 3.05) is 0 Å². The van der Waals surface area contributed by atoms with E-state index in [4.69, 9.17) is 22.2 Å². The molecular formula is C9H20Cl2Si. The molecule has 0 aromatic heterocycles. The van der Waals surface area contributed by atoms with Crippen LogP contribution in [0.3, 0.4) is 0 Å². The first-order valence-corrected chi connectivity index (χ1v) is 8.86. The normalized spacial score (nSPS) is 15.0. The quantitative estimate of drug-likeness (QED) is 0.471. The number of rotatable bonds is 2. The minimum atomic E-state index is -2.05. The highest BCUT2D eigenvalue weighted by Gasteiger charge is 2.42. The molecule has 0 radical (unpaired) electrons. The SMILES string of the molecule is CC(C)(C)CC(C)(C)[Si](C)(Cl)Cl.